The first-order chi connectivity index (χ1) is 8.63. The zero-order valence-corrected chi connectivity index (χ0v) is 10.8. The van der Waals surface area contributed by atoms with Gasteiger partial charge in [0.2, 0.25) is 5.88 Å². The Kier molecular flexibility index (Phi) is 3.66. The van der Waals surface area contributed by atoms with Gasteiger partial charge >= 0.3 is 5.97 Å². The van der Waals surface area contributed by atoms with Gasteiger partial charge in [-0.3, -0.25) is 4.79 Å². The molecule has 18 heavy (non-hydrogen) atoms. The van der Waals surface area contributed by atoms with Crippen LogP contribution in [0.4, 0.5) is 0 Å². The fourth-order valence-corrected chi connectivity index (χ4v) is 2.14. The van der Waals surface area contributed by atoms with E-state index in [2.05, 4.69) is 15.1 Å². The van der Waals surface area contributed by atoms with Gasteiger partial charge in [-0.25, -0.2) is 14.6 Å². The minimum absolute atomic E-state index is 0.0228. The van der Waals surface area contributed by atoms with E-state index in [9.17, 15) is 9.90 Å². The molecule has 8 heteroatoms. The summed E-state index contributed by atoms with van der Waals surface area (Å²) in [6, 6.07) is 0. The van der Waals surface area contributed by atoms with Gasteiger partial charge in [0, 0.05) is 7.05 Å². The average molecular weight is 268 g/mol. The highest BCUT2D eigenvalue weighted by molar-refractivity contribution is 8.00. The van der Waals surface area contributed by atoms with E-state index in [1.807, 2.05) is 0 Å². The Hall–Kier alpha value is -1.83. The summed E-state index contributed by atoms with van der Waals surface area (Å²) in [4.78, 5) is 19.3. The molecule has 0 aliphatic rings. The van der Waals surface area contributed by atoms with Crippen molar-refractivity contribution >= 4 is 28.8 Å². The van der Waals surface area contributed by atoms with Gasteiger partial charge in [0.15, 0.2) is 5.52 Å². The first-order valence-corrected chi connectivity index (χ1v) is 6.27. The molecule has 2 heterocycles. The summed E-state index contributed by atoms with van der Waals surface area (Å²) < 4.78 is 6.14. The topological polar surface area (TPSA) is 90.1 Å². The van der Waals surface area contributed by atoms with Crippen molar-refractivity contribution in [3.05, 3.63) is 6.33 Å². The molecule has 0 fully saturated rings. The largest absolute Gasteiger partial charge is 0.492 e. The van der Waals surface area contributed by atoms with Crippen LogP contribution in [-0.2, 0) is 16.6 Å². The molecule has 7 nitrogen and oxygen atoms in total. The van der Waals surface area contributed by atoms with Crippen LogP contribution in [0.2, 0.25) is 0 Å². The fourth-order valence-electron chi connectivity index (χ4n) is 1.40. The molecule has 0 radical (unpaired) electrons. The van der Waals surface area contributed by atoms with E-state index in [4.69, 9.17) is 4.74 Å². The lowest BCUT2D eigenvalue weighted by Gasteiger charge is -2.01. The molecule has 0 amide bonds. The van der Waals surface area contributed by atoms with Crippen LogP contribution in [0.15, 0.2) is 11.4 Å². The summed E-state index contributed by atoms with van der Waals surface area (Å²) in [5.74, 6) is -0.183. The second-order valence-electron chi connectivity index (χ2n) is 3.42. The SMILES string of the molecule is CCOC(=O)CSc1ncnc2c(O)n(C)nc12. The summed E-state index contributed by atoms with van der Waals surface area (Å²) in [5, 5.41) is 14.3. The number of hydrogen-bond acceptors (Lipinski definition) is 7. The first-order valence-electron chi connectivity index (χ1n) is 5.28. The molecule has 0 unspecified atom stereocenters. The van der Waals surface area contributed by atoms with Gasteiger partial charge in [0.1, 0.15) is 16.9 Å². The van der Waals surface area contributed by atoms with Crippen LogP contribution in [0.1, 0.15) is 6.92 Å². The van der Waals surface area contributed by atoms with Gasteiger partial charge in [-0.2, -0.15) is 5.10 Å². The van der Waals surface area contributed by atoms with Gasteiger partial charge in [0.25, 0.3) is 0 Å². The second kappa shape index (κ2) is 5.21. The molecule has 0 spiro atoms. The molecule has 0 saturated heterocycles. The lowest BCUT2D eigenvalue weighted by Crippen LogP contribution is -2.06. The maximum Gasteiger partial charge on any atom is 0.316 e. The van der Waals surface area contributed by atoms with Crippen LogP contribution < -0.4 is 0 Å². The van der Waals surface area contributed by atoms with Crippen molar-refractivity contribution in [3.8, 4) is 5.88 Å². The van der Waals surface area contributed by atoms with Crippen molar-refractivity contribution in [2.75, 3.05) is 12.4 Å². The fraction of sp³-hybridized carbons (Fsp3) is 0.400. The maximum atomic E-state index is 11.3. The number of carbonyl (C=O) groups is 1. The van der Waals surface area contributed by atoms with E-state index in [-0.39, 0.29) is 17.6 Å². The summed E-state index contributed by atoms with van der Waals surface area (Å²) in [6.45, 7) is 2.10. The minimum Gasteiger partial charge on any atom is -0.492 e. The van der Waals surface area contributed by atoms with Crippen LogP contribution >= 0.6 is 11.8 Å². The number of rotatable bonds is 4. The van der Waals surface area contributed by atoms with Gasteiger partial charge in [-0.15, -0.1) is 0 Å². The Labute approximate surface area is 107 Å². The summed E-state index contributed by atoms with van der Waals surface area (Å²) >= 11 is 1.21. The molecule has 2 aromatic heterocycles. The Morgan fingerprint density at radius 2 is 2.28 bits per heavy atom. The Bertz CT molecular complexity index is 584. The van der Waals surface area contributed by atoms with Crippen molar-refractivity contribution < 1.29 is 14.6 Å². The highest BCUT2D eigenvalue weighted by atomic mass is 32.2. The third kappa shape index (κ3) is 2.37. The molecule has 0 atom stereocenters. The standard InChI is InChI=1S/C10H12N4O3S/c1-3-17-6(15)4-18-9-7-8(11-5-12-9)10(16)14(2)13-7/h5,16H,3-4H2,1-2H3. The van der Waals surface area contributed by atoms with E-state index in [1.165, 1.54) is 22.8 Å². The van der Waals surface area contributed by atoms with Crippen molar-refractivity contribution in [2.24, 2.45) is 7.05 Å². The van der Waals surface area contributed by atoms with Gasteiger partial charge < -0.3 is 9.84 Å². The number of thioether (sulfide) groups is 1. The summed E-state index contributed by atoms with van der Waals surface area (Å²) in [5.41, 5.74) is 0.852. The van der Waals surface area contributed by atoms with E-state index >= 15 is 0 Å². The number of ether oxygens (including phenoxy) is 1. The Morgan fingerprint density at radius 1 is 1.50 bits per heavy atom. The average Bonchev–Trinajstić information content (AvgIpc) is 2.64. The smallest absolute Gasteiger partial charge is 0.316 e. The number of aromatic hydroxyl groups is 1. The molecule has 2 rings (SSSR count). The van der Waals surface area contributed by atoms with Crippen LogP contribution in [-0.4, -0.2) is 43.2 Å². The number of aromatic nitrogens is 4. The molecule has 0 aliphatic carbocycles. The first kappa shape index (κ1) is 12.6. The van der Waals surface area contributed by atoms with E-state index in [0.717, 1.165) is 0 Å². The molecule has 0 saturated carbocycles. The van der Waals surface area contributed by atoms with Crippen molar-refractivity contribution in [1.29, 1.82) is 0 Å². The lowest BCUT2D eigenvalue weighted by atomic mass is 10.5. The van der Waals surface area contributed by atoms with E-state index in [1.54, 1.807) is 14.0 Å². The number of carbonyl (C=O) groups excluding carboxylic acids is 1. The Balaban J connectivity index is 2.23. The Morgan fingerprint density at radius 3 is 3.00 bits per heavy atom. The van der Waals surface area contributed by atoms with E-state index in [0.29, 0.717) is 22.7 Å². The maximum absolute atomic E-state index is 11.3. The van der Waals surface area contributed by atoms with Gasteiger partial charge in [-0.1, -0.05) is 11.8 Å². The lowest BCUT2D eigenvalue weighted by molar-refractivity contribution is -0.139. The molecule has 0 aromatic carbocycles. The monoisotopic (exact) mass is 268 g/mol. The number of nitrogens with zero attached hydrogens (tertiary/aromatic N) is 4. The highest BCUT2D eigenvalue weighted by Crippen LogP contribution is 2.28. The van der Waals surface area contributed by atoms with Crippen molar-refractivity contribution in [2.45, 2.75) is 11.9 Å². The number of esters is 1. The molecule has 96 valence electrons. The molecular weight excluding hydrogens is 256 g/mol. The summed E-state index contributed by atoms with van der Waals surface area (Å²) in [6.07, 6.45) is 1.33. The molecule has 0 bridgehead atoms. The van der Waals surface area contributed by atoms with Gasteiger partial charge in [-0.05, 0) is 6.92 Å². The van der Waals surface area contributed by atoms with Crippen LogP contribution in [0.3, 0.4) is 0 Å². The molecular formula is C10H12N4O3S. The highest BCUT2D eigenvalue weighted by Gasteiger charge is 2.15. The summed E-state index contributed by atoms with van der Waals surface area (Å²) in [7, 11) is 1.61. The third-order valence-corrected chi connectivity index (χ3v) is 3.14. The molecule has 1 N–H and O–H groups in total. The number of fused-ring (bicyclic) bond motifs is 1. The second-order valence-corrected chi connectivity index (χ2v) is 4.38. The van der Waals surface area contributed by atoms with E-state index < -0.39 is 0 Å². The molecule has 2 aromatic rings. The number of hydrogen-bond donors (Lipinski definition) is 1. The predicted octanol–water partition coefficient (Wildman–Crippen LogP) is 0.724. The normalized spacial score (nSPS) is 10.8. The zero-order chi connectivity index (χ0) is 13.1. The minimum atomic E-state index is -0.311. The predicted molar refractivity (Wildman–Crippen MR) is 65.3 cm³/mol. The van der Waals surface area contributed by atoms with Crippen molar-refractivity contribution in [1.82, 2.24) is 19.7 Å². The van der Waals surface area contributed by atoms with Crippen molar-refractivity contribution in [3.63, 3.8) is 0 Å². The third-order valence-electron chi connectivity index (χ3n) is 2.19. The van der Waals surface area contributed by atoms with Crippen LogP contribution in [0.5, 0.6) is 5.88 Å². The van der Waals surface area contributed by atoms with Gasteiger partial charge in [0.05, 0.1) is 12.4 Å². The molecule has 0 aliphatic heterocycles. The zero-order valence-electron chi connectivity index (χ0n) is 9.95. The van der Waals surface area contributed by atoms with Crippen LogP contribution in [0, 0.1) is 0 Å². The number of aryl methyl sites for hydroxylation is 1. The quantitative estimate of drug-likeness (QED) is 0.496. The van der Waals surface area contributed by atoms with Crippen LogP contribution in [0.25, 0.3) is 11.0 Å².